The van der Waals surface area contributed by atoms with Crippen LogP contribution in [0.25, 0.3) is 10.9 Å². The predicted molar refractivity (Wildman–Crippen MR) is 153 cm³/mol. The lowest BCUT2D eigenvalue weighted by molar-refractivity contribution is -0.193. The zero-order valence-electron chi connectivity index (χ0n) is 23.2. The van der Waals surface area contributed by atoms with Gasteiger partial charge in [-0.25, -0.2) is 9.99 Å². The molecule has 0 atom stereocenters. The van der Waals surface area contributed by atoms with Gasteiger partial charge in [0, 0.05) is 24.7 Å². The first-order valence-electron chi connectivity index (χ1n) is 12.6. The van der Waals surface area contributed by atoms with Crippen LogP contribution in [0.2, 0.25) is 0 Å². The number of rotatable bonds is 8. The molecule has 0 aliphatic carbocycles. The molecule has 41 heavy (non-hydrogen) atoms. The summed E-state index contributed by atoms with van der Waals surface area (Å²) in [5, 5.41) is 23.2. The molecular formula is C30H32FN5O5. The van der Waals surface area contributed by atoms with Gasteiger partial charge in [0.15, 0.2) is 0 Å². The fraction of sp³-hybridized carbons (Fsp3) is 0.200. The fourth-order valence-corrected chi connectivity index (χ4v) is 3.46. The molecule has 2 aromatic heterocycles. The van der Waals surface area contributed by atoms with Crippen LogP contribution in [0.1, 0.15) is 20.8 Å². The third-order valence-corrected chi connectivity index (χ3v) is 5.46. The second-order valence-corrected chi connectivity index (χ2v) is 9.44. The lowest BCUT2D eigenvalue weighted by Gasteiger charge is -2.28. The summed E-state index contributed by atoms with van der Waals surface area (Å²) < 4.78 is 20.1. The molecule has 0 unspecified atom stereocenters. The number of carbonyl (C=O) groups excluding carboxylic acids is 2. The molecular weight excluding hydrogens is 529 g/mol. The van der Waals surface area contributed by atoms with E-state index in [2.05, 4.69) is 15.3 Å². The number of hydrogen-bond acceptors (Lipinski definition) is 8. The van der Waals surface area contributed by atoms with E-state index in [0.717, 1.165) is 7.05 Å². The van der Waals surface area contributed by atoms with Crippen molar-refractivity contribution in [3.05, 3.63) is 96.8 Å². The highest BCUT2D eigenvalue weighted by Crippen LogP contribution is 2.30. The minimum Gasteiger partial charge on any atom is -0.508 e. The Morgan fingerprint density at radius 1 is 1.05 bits per heavy atom. The number of aromatic hydroxyl groups is 1. The maximum atomic E-state index is 14.2. The van der Waals surface area contributed by atoms with Gasteiger partial charge in [0.1, 0.15) is 28.6 Å². The first-order valence-corrected chi connectivity index (χ1v) is 12.6. The summed E-state index contributed by atoms with van der Waals surface area (Å²) in [4.78, 5) is 33.5. The Bertz CT molecular complexity index is 1460. The molecule has 0 fully saturated rings. The topological polar surface area (TPSA) is 128 Å². The Kier molecular flexibility index (Phi) is 10.4. The van der Waals surface area contributed by atoms with Gasteiger partial charge in [-0.3, -0.25) is 14.6 Å². The molecule has 0 saturated carbocycles. The molecule has 214 valence electrons. The van der Waals surface area contributed by atoms with E-state index in [1.807, 2.05) is 36.4 Å². The number of pyridine rings is 2. The average Bonchev–Trinajstić information content (AvgIpc) is 2.94. The number of allylic oxidation sites excluding steroid dienone is 1. The number of carbonyl (C=O) groups is 2. The Morgan fingerprint density at radius 3 is 2.27 bits per heavy atom. The van der Waals surface area contributed by atoms with E-state index in [1.165, 1.54) is 51.2 Å². The zero-order chi connectivity index (χ0) is 30.0. The van der Waals surface area contributed by atoms with Crippen molar-refractivity contribution >= 4 is 28.5 Å². The number of benzene rings is 2. The van der Waals surface area contributed by atoms with Crippen molar-refractivity contribution in [3.8, 4) is 17.2 Å². The summed E-state index contributed by atoms with van der Waals surface area (Å²) in [6, 6.07) is 21.5. The molecule has 0 aliphatic heterocycles. The molecule has 0 saturated heterocycles. The van der Waals surface area contributed by atoms with E-state index in [0.29, 0.717) is 27.4 Å². The Balaban J connectivity index is 0.000000681. The van der Waals surface area contributed by atoms with Gasteiger partial charge >= 0.3 is 0 Å². The normalized spacial score (nSPS) is 11.4. The number of nitrogens with one attached hydrogen (secondary N) is 1. The number of halogens is 1. The van der Waals surface area contributed by atoms with E-state index in [1.54, 1.807) is 24.4 Å². The van der Waals surface area contributed by atoms with Gasteiger partial charge in [0.25, 0.3) is 11.8 Å². The van der Waals surface area contributed by atoms with Crippen LogP contribution in [0.4, 0.5) is 10.3 Å². The number of ether oxygens (including phenoxy) is 1. The van der Waals surface area contributed by atoms with Gasteiger partial charge in [0.05, 0.1) is 23.9 Å². The van der Waals surface area contributed by atoms with Crippen LogP contribution in [-0.2, 0) is 9.59 Å². The number of fused-ring (bicyclic) bond motifs is 1. The van der Waals surface area contributed by atoms with E-state index >= 15 is 0 Å². The van der Waals surface area contributed by atoms with Gasteiger partial charge in [-0.15, -0.1) is 4.48 Å². The number of anilines is 1. The molecule has 0 bridgehead atoms. The summed E-state index contributed by atoms with van der Waals surface area (Å²) in [5.74, 6) is -0.555. The highest BCUT2D eigenvalue weighted by Gasteiger charge is 2.28. The number of hydrazine groups is 1. The molecule has 3 N–H and O–H groups in total. The summed E-state index contributed by atoms with van der Waals surface area (Å²) in [5.41, 5.74) is -1.14. The maximum Gasteiger partial charge on any atom is 0.275 e. The number of aromatic nitrogens is 2. The lowest BCUT2D eigenvalue weighted by Crippen LogP contribution is -2.47. The van der Waals surface area contributed by atoms with Crippen LogP contribution in [0.5, 0.6) is 17.2 Å². The molecule has 2 amide bonds. The van der Waals surface area contributed by atoms with Gasteiger partial charge in [-0.2, -0.15) is 0 Å². The maximum absolute atomic E-state index is 14.2. The molecule has 0 aliphatic rings. The number of phenolic OH excluding ortho intramolecular Hbond substituents is 1. The summed E-state index contributed by atoms with van der Waals surface area (Å²) in [7, 11) is 1.15. The number of phenols is 1. The van der Waals surface area contributed by atoms with Crippen molar-refractivity contribution < 1.29 is 29.0 Å². The lowest BCUT2D eigenvalue weighted by atomic mass is 10.1. The van der Waals surface area contributed by atoms with Crippen molar-refractivity contribution in [2.24, 2.45) is 0 Å². The van der Waals surface area contributed by atoms with Crippen molar-refractivity contribution in [1.29, 1.82) is 0 Å². The van der Waals surface area contributed by atoms with Crippen LogP contribution in [0.3, 0.4) is 0 Å². The fourth-order valence-electron chi connectivity index (χ4n) is 3.46. The quantitative estimate of drug-likeness (QED) is 0.0899. The molecule has 0 spiro atoms. The van der Waals surface area contributed by atoms with Crippen molar-refractivity contribution in [3.63, 3.8) is 0 Å². The number of aliphatic hydroxyl groups is 1. The number of likely N-dealkylation sites (N-methyl/N-ethyl adjacent to an activating group) is 1. The van der Waals surface area contributed by atoms with E-state index in [9.17, 15) is 24.3 Å². The third kappa shape index (κ3) is 9.09. The Morgan fingerprint density at radius 2 is 1.71 bits per heavy atom. The first-order chi connectivity index (χ1) is 19.5. The molecule has 4 aromatic rings. The summed E-state index contributed by atoms with van der Waals surface area (Å²) in [6.07, 6.45) is 4.19. The van der Waals surface area contributed by atoms with Crippen LogP contribution in [0.15, 0.2) is 96.8 Å². The molecule has 2 aromatic carbocycles. The van der Waals surface area contributed by atoms with Crippen molar-refractivity contribution in [1.82, 2.24) is 20.2 Å². The third-order valence-electron chi connectivity index (χ3n) is 5.46. The molecule has 11 heteroatoms. The number of amides is 2. The van der Waals surface area contributed by atoms with Gasteiger partial charge in [0.2, 0.25) is 0 Å². The second kappa shape index (κ2) is 14.0. The van der Waals surface area contributed by atoms with Crippen molar-refractivity contribution in [2.75, 3.05) is 18.9 Å². The van der Waals surface area contributed by atoms with Gasteiger partial charge < -0.3 is 20.3 Å². The van der Waals surface area contributed by atoms with Crippen molar-refractivity contribution in [2.45, 2.75) is 26.4 Å². The van der Waals surface area contributed by atoms with Crippen LogP contribution in [-0.4, -0.2) is 61.4 Å². The molecule has 2 heterocycles. The average molecular weight is 562 g/mol. The smallest absolute Gasteiger partial charge is 0.275 e. The molecule has 0 radical (unpaired) electrons. The van der Waals surface area contributed by atoms with Gasteiger partial charge in [-0.1, -0.05) is 42.5 Å². The highest BCUT2D eigenvalue weighted by molar-refractivity contribution is 6.22. The van der Waals surface area contributed by atoms with Gasteiger partial charge in [-0.05, 0) is 56.3 Å². The Hall–Kier alpha value is -4.87. The number of nitrogens with zero attached hydrogens (tertiary/aromatic N) is 4. The first kappa shape index (κ1) is 30.7. The molecule has 10 nitrogen and oxygen atoms in total. The monoisotopic (exact) mass is 561 g/mol. The second-order valence-electron chi connectivity index (χ2n) is 9.44. The number of hydrogen-bond donors (Lipinski definition) is 3. The Labute approximate surface area is 237 Å². The highest BCUT2D eigenvalue weighted by atomic mass is 19.2. The zero-order valence-corrected chi connectivity index (χ0v) is 23.2. The van der Waals surface area contributed by atoms with Crippen LogP contribution in [0, 0.1) is 0 Å². The molecule has 4 rings (SSSR count). The van der Waals surface area contributed by atoms with E-state index in [-0.39, 0.29) is 22.4 Å². The minimum atomic E-state index is -1.39. The summed E-state index contributed by atoms with van der Waals surface area (Å²) >= 11 is 0. The SMILES string of the molecule is C/C=C(\C(=O)Nc1ccc(Oc2ccnc3cc(O)ccc23)cn1)C(=O)N(C)N(F)CC(C)(C)O.c1ccccc1. The summed E-state index contributed by atoms with van der Waals surface area (Å²) in [6.45, 7) is 3.79. The largest absolute Gasteiger partial charge is 0.508 e. The van der Waals surface area contributed by atoms with E-state index < -0.39 is 24.0 Å². The minimum absolute atomic E-state index is 0.0354. The van der Waals surface area contributed by atoms with Crippen LogP contribution >= 0.6 is 0 Å². The van der Waals surface area contributed by atoms with E-state index in [4.69, 9.17) is 4.74 Å². The van der Waals surface area contributed by atoms with Crippen LogP contribution < -0.4 is 10.1 Å². The standard InChI is InChI=1S/C24H26FN5O5.C6H6/c1-5-17(23(33)29(4)30(25)14-24(2,3)34)22(32)28-21-9-7-16(13-27-21)35-20-10-11-26-19-12-15(31)6-8-18(19)20;1-2-4-6-5-3-1/h5-13,31,34H,14H2,1-4H3,(H,27,28,32);1-6H/b17-5+;. The predicted octanol–water partition coefficient (Wildman–Crippen LogP) is 5.03.